The molecule has 0 aliphatic carbocycles. The van der Waals surface area contributed by atoms with Gasteiger partial charge in [0.1, 0.15) is 11.6 Å². The number of hydrogen-bond acceptors (Lipinski definition) is 6. The van der Waals surface area contributed by atoms with Crippen molar-refractivity contribution in [3.8, 4) is 17.2 Å². The Balaban J connectivity index is 2.34. The maximum Gasteiger partial charge on any atom is 0.315 e. The number of carbonyl (C=O) groups excluding carboxylic acids is 1. The summed E-state index contributed by atoms with van der Waals surface area (Å²) in [6, 6.07) is 6.19. The highest BCUT2D eigenvalue weighted by molar-refractivity contribution is 6.07. The average molecular weight is 347 g/mol. The van der Waals surface area contributed by atoms with Crippen molar-refractivity contribution < 1.29 is 28.7 Å². The molecule has 25 heavy (non-hydrogen) atoms. The van der Waals surface area contributed by atoms with E-state index >= 15 is 0 Å². The number of nitro benzene ring substituents is 1. The molecule has 0 saturated heterocycles. The maximum atomic E-state index is 13.9. The number of phenols is 1. The molecule has 0 bridgehead atoms. The monoisotopic (exact) mass is 347 g/mol. The molecule has 2 aromatic carbocycles. The van der Waals surface area contributed by atoms with E-state index in [0.29, 0.717) is 0 Å². The van der Waals surface area contributed by atoms with Crippen LogP contribution in [-0.4, -0.2) is 30.0 Å². The molecule has 8 heteroatoms. The van der Waals surface area contributed by atoms with Gasteiger partial charge in [-0.3, -0.25) is 14.9 Å². The maximum absolute atomic E-state index is 13.9. The fourth-order valence-electron chi connectivity index (χ4n) is 2.09. The Labute approximate surface area is 142 Å². The SMILES string of the molecule is COc1ccc(C(=O)C=Cc2cc(OC)c(O)c([N+](=O)[O-])c2)c(F)c1. The number of halogens is 1. The van der Waals surface area contributed by atoms with Gasteiger partial charge in [0, 0.05) is 12.1 Å². The summed E-state index contributed by atoms with van der Waals surface area (Å²) < 4.78 is 23.6. The predicted molar refractivity (Wildman–Crippen MR) is 87.6 cm³/mol. The van der Waals surface area contributed by atoms with Crippen LogP contribution in [0.4, 0.5) is 10.1 Å². The van der Waals surface area contributed by atoms with Gasteiger partial charge in [0.2, 0.25) is 5.75 Å². The molecular formula is C17H14FNO6. The van der Waals surface area contributed by atoms with E-state index < -0.39 is 28.0 Å². The van der Waals surface area contributed by atoms with Gasteiger partial charge in [0.25, 0.3) is 0 Å². The van der Waals surface area contributed by atoms with Crippen molar-refractivity contribution in [2.24, 2.45) is 0 Å². The quantitative estimate of drug-likeness (QED) is 0.372. The molecule has 0 atom stereocenters. The highest BCUT2D eigenvalue weighted by Crippen LogP contribution is 2.37. The lowest BCUT2D eigenvalue weighted by Gasteiger charge is -2.05. The molecule has 130 valence electrons. The van der Waals surface area contributed by atoms with Gasteiger partial charge < -0.3 is 14.6 Å². The fourth-order valence-corrected chi connectivity index (χ4v) is 2.09. The Bertz CT molecular complexity index is 862. The van der Waals surface area contributed by atoms with Gasteiger partial charge in [0.05, 0.1) is 24.7 Å². The van der Waals surface area contributed by atoms with Crippen molar-refractivity contribution in [1.82, 2.24) is 0 Å². The minimum absolute atomic E-state index is 0.114. The molecule has 0 aliphatic heterocycles. The zero-order valence-electron chi connectivity index (χ0n) is 13.4. The molecule has 0 fully saturated rings. The minimum atomic E-state index is -0.778. The number of aromatic hydroxyl groups is 1. The first kappa shape index (κ1) is 17.9. The number of benzene rings is 2. The van der Waals surface area contributed by atoms with Gasteiger partial charge in [0.15, 0.2) is 11.5 Å². The van der Waals surface area contributed by atoms with Crippen LogP contribution in [0.3, 0.4) is 0 Å². The normalized spacial score (nSPS) is 10.7. The van der Waals surface area contributed by atoms with E-state index in [0.717, 1.165) is 18.2 Å². The van der Waals surface area contributed by atoms with E-state index in [4.69, 9.17) is 9.47 Å². The molecule has 0 spiro atoms. The third-order valence-electron chi connectivity index (χ3n) is 3.36. The number of methoxy groups -OCH3 is 2. The number of phenolic OH excluding ortho intramolecular Hbond substituents is 1. The molecular weight excluding hydrogens is 333 g/mol. The summed E-state index contributed by atoms with van der Waals surface area (Å²) in [4.78, 5) is 22.3. The third kappa shape index (κ3) is 3.92. The molecule has 2 rings (SSSR count). The summed E-state index contributed by atoms with van der Waals surface area (Å²) in [6.45, 7) is 0. The smallest absolute Gasteiger partial charge is 0.315 e. The van der Waals surface area contributed by atoms with Crippen LogP contribution in [0.5, 0.6) is 17.2 Å². The molecule has 1 N–H and O–H groups in total. The van der Waals surface area contributed by atoms with Gasteiger partial charge >= 0.3 is 5.69 Å². The minimum Gasteiger partial charge on any atom is -0.500 e. The Kier molecular flexibility index (Phi) is 5.33. The molecule has 0 amide bonds. The molecule has 0 heterocycles. The van der Waals surface area contributed by atoms with Crippen LogP contribution in [-0.2, 0) is 0 Å². The zero-order valence-corrected chi connectivity index (χ0v) is 13.4. The number of nitrogens with zero attached hydrogens (tertiary/aromatic N) is 1. The van der Waals surface area contributed by atoms with E-state index in [1.54, 1.807) is 0 Å². The summed E-state index contributed by atoms with van der Waals surface area (Å²) in [5.41, 5.74) is -0.497. The Morgan fingerprint density at radius 2 is 1.96 bits per heavy atom. The first-order chi connectivity index (χ1) is 11.9. The van der Waals surface area contributed by atoms with Gasteiger partial charge in [-0.25, -0.2) is 4.39 Å². The van der Waals surface area contributed by atoms with E-state index in [-0.39, 0.29) is 22.6 Å². The van der Waals surface area contributed by atoms with E-state index in [1.807, 2.05) is 0 Å². The predicted octanol–water partition coefficient (Wildman–Crippen LogP) is 3.35. The van der Waals surface area contributed by atoms with Crippen molar-refractivity contribution in [3.63, 3.8) is 0 Å². The lowest BCUT2D eigenvalue weighted by Crippen LogP contribution is -1.99. The van der Waals surface area contributed by atoms with Crippen LogP contribution < -0.4 is 9.47 Å². The molecule has 0 saturated carbocycles. The Hall–Kier alpha value is -3.42. The lowest BCUT2D eigenvalue weighted by molar-refractivity contribution is -0.386. The van der Waals surface area contributed by atoms with Crippen molar-refractivity contribution in [2.45, 2.75) is 0 Å². The molecule has 0 unspecified atom stereocenters. The van der Waals surface area contributed by atoms with Gasteiger partial charge in [-0.2, -0.15) is 0 Å². The van der Waals surface area contributed by atoms with Gasteiger partial charge in [-0.1, -0.05) is 6.08 Å². The number of allylic oxidation sites excluding steroid dienone is 1. The topological polar surface area (TPSA) is 98.9 Å². The highest BCUT2D eigenvalue weighted by atomic mass is 19.1. The van der Waals surface area contributed by atoms with Crippen LogP contribution >= 0.6 is 0 Å². The molecule has 0 radical (unpaired) electrons. The molecule has 0 aliphatic rings. The van der Waals surface area contributed by atoms with E-state index in [9.17, 15) is 24.4 Å². The standard InChI is InChI=1S/C17H14FNO6/c1-24-11-4-5-12(13(18)9-11)15(20)6-3-10-7-14(19(22)23)17(21)16(8-10)25-2/h3-9,21H,1-2H3. The molecule has 2 aromatic rings. The van der Waals surface area contributed by atoms with Crippen LogP contribution in [0.15, 0.2) is 36.4 Å². The van der Waals surface area contributed by atoms with Crippen molar-refractivity contribution in [3.05, 3.63) is 63.5 Å². The number of rotatable bonds is 6. The Morgan fingerprint density at radius 3 is 2.52 bits per heavy atom. The van der Waals surface area contributed by atoms with E-state index in [2.05, 4.69) is 0 Å². The van der Waals surface area contributed by atoms with Gasteiger partial charge in [-0.15, -0.1) is 0 Å². The van der Waals surface area contributed by atoms with E-state index in [1.165, 1.54) is 38.5 Å². The molecule has 0 aromatic heterocycles. The number of nitro groups is 1. The number of carbonyl (C=O) groups is 1. The second-order valence-corrected chi connectivity index (χ2v) is 4.89. The van der Waals surface area contributed by atoms with Gasteiger partial charge in [-0.05, 0) is 29.8 Å². The summed E-state index contributed by atoms with van der Waals surface area (Å²) in [5, 5.41) is 20.7. The van der Waals surface area contributed by atoms with Crippen LogP contribution in [0.1, 0.15) is 15.9 Å². The number of hydrogen-bond donors (Lipinski definition) is 1. The largest absolute Gasteiger partial charge is 0.500 e. The first-order valence-electron chi connectivity index (χ1n) is 6.98. The summed E-state index contributed by atoms with van der Waals surface area (Å²) >= 11 is 0. The zero-order chi connectivity index (χ0) is 18.6. The van der Waals surface area contributed by atoms with Crippen molar-refractivity contribution in [2.75, 3.05) is 14.2 Å². The third-order valence-corrected chi connectivity index (χ3v) is 3.36. The van der Waals surface area contributed by atoms with Crippen LogP contribution in [0.25, 0.3) is 6.08 Å². The number of ketones is 1. The summed E-state index contributed by atoms with van der Waals surface area (Å²) in [5.74, 6) is -1.83. The summed E-state index contributed by atoms with van der Waals surface area (Å²) in [6.07, 6.45) is 2.33. The summed E-state index contributed by atoms with van der Waals surface area (Å²) in [7, 11) is 2.62. The second-order valence-electron chi connectivity index (χ2n) is 4.89. The lowest BCUT2D eigenvalue weighted by atomic mass is 10.1. The average Bonchev–Trinajstić information content (AvgIpc) is 2.59. The fraction of sp³-hybridized carbons (Fsp3) is 0.118. The Morgan fingerprint density at radius 1 is 1.24 bits per heavy atom. The highest BCUT2D eigenvalue weighted by Gasteiger charge is 2.19. The van der Waals surface area contributed by atoms with Crippen molar-refractivity contribution in [1.29, 1.82) is 0 Å². The first-order valence-corrected chi connectivity index (χ1v) is 6.98. The van der Waals surface area contributed by atoms with Crippen molar-refractivity contribution >= 4 is 17.5 Å². The van der Waals surface area contributed by atoms with Crippen LogP contribution in [0, 0.1) is 15.9 Å². The number of ether oxygens (including phenoxy) is 2. The van der Waals surface area contributed by atoms with Crippen LogP contribution in [0.2, 0.25) is 0 Å². The molecule has 7 nitrogen and oxygen atoms in total. The second kappa shape index (κ2) is 7.43.